The highest BCUT2D eigenvalue weighted by Crippen LogP contribution is 2.17. The number of hydrogen-bond acceptors (Lipinski definition) is 6. The van der Waals surface area contributed by atoms with E-state index < -0.39 is 30.4 Å². The van der Waals surface area contributed by atoms with E-state index in [-0.39, 0.29) is 9.79 Å². The zero-order valence-electron chi connectivity index (χ0n) is 18.6. The second kappa shape index (κ2) is 13.4. The Balaban J connectivity index is 0.000000536. The van der Waals surface area contributed by atoms with Crippen molar-refractivity contribution in [3.63, 3.8) is 0 Å². The van der Waals surface area contributed by atoms with Crippen LogP contribution in [0, 0.1) is 20.4 Å². The van der Waals surface area contributed by atoms with Gasteiger partial charge in [0.2, 0.25) is 6.41 Å². The number of benzene rings is 2. The Kier molecular flexibility index (Phi) is 12.1. The second-order valence-electron chi connectivity index (χ2n) is 6.61. The average molecular weight is 481 g/mol. The van der Waals surface area contributed by atoms with Crippen molar-refractivity contribution in [1.29, 1.82) is 0 Å². The highest BCUT2D eigenvalue weighted by atomic mass is 32.2. The molecule has 0 aliphatic heterocycles. The first-order valence-corrected chi connectivity index (χ1v) is 12.5. The molecule has 0 spiro atoms. The van der Waals surface area contributed by atoms with Gasteiger partial charge in [-0.2, -0.15) is 0 Å². The molecule has 2 aromatic rings. The Morgan fingerprint density at radius 3 is 1.47 bits per heavy atom. The summed E-state index contributed by atoms with van der Waals surface area (Å²) in [6, 6.07) is 13.0. The van der Waals surface area contributed by atoms with Crippen LogP contribution >= 0.6 is 0 Å². The maximum atomic E-state index is 11.8. The number of carbonyl (C=O) groups is 2. The number of sulfone groups is 2. The molecule has 0 fully saturated rings. The van der Waals surface area contributed by atoms with Gasteiger partial charge in [0.05, 0.1) is 9.79 Å². The van der Waals surface area contributed by atoms with Crippen LogP contribution < -0.4 is 5.32 Å². The van der Waals surface area contributed by atoms with Crippen LogP contribution in [0.3, 0.4) is 0 Å². The Morgan fingerprint density at radius 2 is 1.16 bits per heavy atom. The molecule has 0 saturated carbocycles. The van der Waals surface area contributed by atoms with Gasteiger partial charge in [-0.15, -0.1) is 0 Å². The maximum Gasteiger partial charge on any atom is 0.322 e. The van der Waals surface area contributed by atoms with E-state index in [4.69, 9.17) is 11.4 Å². The lowest BCUT2D eigenvalue weighted by atomic mass is 10.2. The van der Waals surface area contributed by atoms with Gasteiger partial charge in [-0.25, -0.2) is 23.4 Å². The smallest absolute Gasteiger partial charge is 0.322 e. The second-order valence-corrected chi connectivity index (χ2v) is 11.1. The first-order valence-electron chi connectivity index (χ1n) is 9.45. The lowest BCUT2D eigenvalue weighted by molar-refractivity contribution is -0.109. The predicted molar refractivity (Wildman–Crippen MR) is 123 cm³/mol. The van der Waals surface area contributed by atoms with Crippen molar-refractivity contribution in [2.45, 2.75) is 55.2 Å². The monoisotopic (exact) mass is 480 g/mol. The first-order chi connectivity index (χ1) is 14.9. The van der Waals surface area contributed by atoms with Crippen molar-refractivity contribution >= 4 is 32.4 Å². The van der Waals surface area contributed by atoms with Crippen LogP contribution in [0.15, 0.2) is 58.3 Å². The largest absolute Gasteiger partial charge is 0.342 e. The van der Waals surface area contributed by atoms with Gasteiger partial charge in [-0.05, 0) is 52.0 Å². The van der Waals surface area contributed by atoms with Crippen molar-refractivity contribution in [3.05, 3.63) is 71.1 Å². The minimum absolute atomic E-state index is 0.214. The number of aldehydes is 1. The number of nitrogens with zero attached hydrogens (tertiary/aromatic N) is 1. The molecule has 0 aliphatic rings. The van der Waals surface area contributed by atoms with Crippen molar-refractivity contribution < 1.29 is 26.4 Å². The Hall–Kier alpha value is -3.03. The maximum absolute atomic E-state index is 11.8. The van der Waals surface area contributed by atoms with Gasteiger partial charge in [-0.1, -0.05) is 35.4 Å². The average Bonchev–Trinajstić information content (AvgIpc) is 2.75. The van der Waals surface area contributed by atoms with Crippen LogP contribution in [-0.4, -0.2) is 40.3 Å². The normalized spacial score (nSPS) is 12.4. The number of aryl methyl sites for hydroxylation is 2. The van der Waals surface area contributed by atoms with E-state index >= 15 is 0 Å². The molecule has 0 saturated heterocycles. The molecule has 2 atom stereocenters. The summed E-state index contributed by atoms with van der Waals surface area (Å²) in [6.45, 7) is 14.7. The Bertz CT molecular complexity index is 1120. The summed E-state index contributed by atoms with van der Waals surface area (Å²) in [5, 5.41) is 0.316. The molecule has 2 unspecified atom stereocenters. The van der Waals surface area contributed by atoms with Crippen LogP contribution in [0.2, 0.25) is 0 Å². The Morgan fingerprint density at radius 1 is 0.812 bits per heavy atom. The van der Waals surface area contributed by atoms with Gasteiger partial charge in [-0.3, -0.25) is 9.64 Å². The topological polar surface area (TPSA) is 119 Å². The van der Waals surface area contributed by atoms with Crippen molar-refractivity contribution in [3.8, 4) is 0 Å². The zero-order valence-corrected chi connectivity index (χ0v) is 20.3. The fraction of sp³-hybridized carbons (Fsp3) is 0.318. The molecule has 1 amide bonds. The Labute approximate surface area is 190 Å². The molecule has 10 heteroatoms. The van der Waals surface area contributed by atoms with Gasteiger partial charge >= 0.3 is 5.37 Å². The molecule has 174 valence electrons. The molecule has 0 bridgehead atoms. The highest BCUT2D eigenvalue weighted by Gasteiger charge is 2.27. The highest BCUT2D eigenvalue weighted by molar-refractivity contribution is 7.92. The lowest BCUT2D eigenvalue weighted by Crippen LogP contribution is -2.32. The van der Waals surface area contributed by atoms with Crippen LogP contribution in [-0.2, 0) is 29.3 Å². The standard InChI is InChI=1S/C10H13NO3S.C10H11NO2S.C2H4O/c1-8-3-5-10(6-4-8)15(13,14)9(2)11-7-12;1-8-4-6-10(7-5-8)14(12,13)9(2)11-3;1-2-3/h3-7,9H,1-2H3,(H,11,12);4-7,9H,1-2H3;2H,1H3. The summed E-state index contributed by atoms with van der Waals surface area (Å²) in [7, 11) is -6.92. The lowest BCUT2D eigenvalue weighted by Gasteiger charge is -2.11. The van der Waals surface area contributed by atoms with Crippen LogP contribution in [0.1, 0.15) is 31.9 Å². The summed E-state index contributed by atoms with van der Waals surface area (Å²) in [5.41, 5.74) is 1.99. The summed E-state index contributed by atoms with van der Waals surface area (Å²) < 4.78 is 46.9. The SMILES string of the molecule is CC=O.Cc1ccc(S(=O)(=O)C(C)NC=O)cc1.[C-]#[N+]C(C)S(=O)(=O)c1ccc(C)cc1. The van der Waals surface area contributed by atoms with E-state index in [2.05, 4.69) is 10.2 Å². The van der Waals surface area contributed by atoms with Crippen molar-refractivity contribution in [1.82, 2.24) is 5.32 Å². The number of carbonyl (C=O) groups excluding carboxylic acids is 2. The molecular formula is C22H28N2O6S2. The quantitative estimate of drug-likeness (QED) is 0.501. The van der Waals surface area contributed by atoms with E-state index in [1.54, 1.807) is 24.3 Å². The molecule has 0 aliphatic carbocycles. The first kappa shape index (κ1) is 29.0. The minimum atomic E-state index is -3.46. The van der Waals surface area contributed by atoms with Crippen LogP contribution in [0.5, 0.6) is 0 Å². The van der Waals surface area contributed by atoms with E-state index in [9.17, 15) is 21.6 Å². The van der Waals surface area contributed by atoms with Gasteiger partial charge < -0.3 is 10.1 Å². The predicted octanol–water partition coefficient (Wildman–Crippen LogP) is 3.10. The summed E-state index contributed by atoms with van der Waals surface area (Å²) in [5.74, 6) is 0. The minimum Gasteiger partial charge on any atom is -0.342 e. The fourth-order valence-electron chi connectivity index (χ4n) is 2.11. The molecular weight excluding hydrogens is 452 g/mol. The van der Waals surface area contributed by atoms with E-state index in [1.807, 2.05) is 13.8 Å². The molecule has 32 heavy (non-hydrogen) atoms. The third kappa shape index (κ3) is 8.61. The molecule has 0 aromatic heterocycles. The van der Waals surface area contributed by atoms with E-state index in [0.29, 0.717) is 6.41 Å². The van der Waals surface area contributed by atoms with Gasteiger partial charge in [0.15, 0.2) is 9.84 Å². The number of amides is 1. The molecule has 0 heterocycles. The molecule has 2 rings (SSSR count). The summed E-state index contributed by atoms with van der Waals surface area (Å²) >= 11 is 0. The van der Waals surface area contributed by atoms with Crippen molar-refractivity contribution in [2.75, 3.05) is 0 Å². The molecule has 0 radical (unpaired) electrons. The van der Waals surface area contributed by atoms with Gasteiger partial charge in [0.1, 0.15) is 11.7 Å². The van der Waals surface area contributed by atoms with E-state index in [0.717, 1.165) is 17.4 Å². The van der Waals surface area contributed by atoms with Crippen molar-refractivity contribution in [2.24, 2.45) is 0 Å². The third-order valence-corrected chi connectivity index (χ3v) is 8.03. The summed E-state index contributed by atoms with van der Waals surface area (Å²) in [6.07, 6.45) is 1.14. The van der Waals surface area contributed by atoms with E-state index in [1.165, 1.54) is 45.0 Å². The third-order valence-electron chi connectivity index (χ3n) is 4.10. The number of rotatable bonds is 6. The molecule has 8 nitrogen and oxygen atoms in total. The number of hydrogen-bond donors (Lipinski definition) is 1. The number of nitrogens with one attached hydrogen (secondary N) is 1. The van der Waals surface area contributed by atoms with Gasteiger partial charge in [0.25, 0.3) is 9.84 Å². The van der Waals surface area contributed by atoms with Gasteiger partial charge in [0, 0.05) is 6.92 Å². The van der Waals surface area contributed by atoms with Crippen LogP contribution in [0.4, 0.5) is 0 Å². The molecule has 2 aromatic carbocycles. The zero-order chi connectivity index (χ0) is 24.9. The van der Waals surface area contributed by atoms with Crippen LogP contribution in [0.25, 0.3) is 4.85 Å². The summed E-state index contributed by atoms with van der Waals surface area (Å²) in [4.78, 5) is 22.4. The fourth-order valence-corrected chi connectivity index (χ4v) is 4.32. The molecule has 1 N–H and O–H groups in total.